The average molecular weight is 133 g/mol. The third-order valence-corrected chi connectivity index (χ3v) is 0.500. The van der Waals surface area contributed by atoms with Gasteiger partial charge in [-0.2, -0.15) is 0 Å². The molecule has 0 aromatic rings. The molecule has 1 aliphatic heterocycles. The van der Waals surface area contributed by atoms with Crippen LogP contribution in [0.3, 0.4) is 0 Å². The molecule has 4 heteroatoms. The minimum absolute atomic E-state index is 0. The Morgan fingerprint density at radius 3 is 1.86 bits per heavy atom. The number of halogens is 1. The van der Waals surface area contributed by atoms with Gasteiger partial charge in [-0.05, 0) is 6.92 Å². The van der Waals surface area contributed by atoms with Gasteiger partial charge in [-0.3, -0.25) is 0 Å². The predicted molar refractivity (Wildman–Crippen MR) is 21.3 cm³/mol. The first-order valence-corrected chi connectivity index (χ1v) is 1.97. The predicted octanol–water partition coefficient (Wildman–Crippen LogP) is -3.09. The van der Waals surface area contributed by atoms with E-state index in [1.807, 2.05) is 0 Å². The van der Waals surface area contributed by atoms with Crippen LogP contribution in [0.2, 0.25) is 0 Å². The van der Waals surface area contributed by atoms with Crippen molar-refractivity contribution in [1.82, 2.24) is 0 Å². The zero-order valence-electron chi connectivity index (χ0n) is 4.48. The average Bonchev–Trinajstić information content (AvgIpc) is 2.30. The van der Waals surface area contributed by atoms with Crippen LogP contribution in [-0.2, 0) is 4.74 Å². The fraction of sp³-hybridized carbons (Fsp3) is 1.00. The third kappa shape index (κ3) is 11.0. The van der Waals surface area contributed by atoms with Crippen LogP contribution in [0.5, 0.6) is 0 Å². The van der Waals surface area contributed by atoms with Crippen LogP contribution in [-0.4, -0.2) is 12.7 Å². The van der Waals surface area contributed by atoms with E-state index < -0.39 is 0 Å². The maximum Gasteiger partial charge on any atom is 1.00 e. The van der Waals surface area contributed by atoms with Crippen LogP contribution >= 0.6 is 11.9 Å². The number of ether oxygens (including phenoxy) is 1. The van der Waals surface area contributed by atoms with Gasteiger partial charge < -0.3 is 9.40 Å². The second-order valence-corrected chi connectivity index (χ2v) is 1.14. The van der Waals surface area contributed by atoms with Gasteiger partial charge in [0.2, 0.25) is 0 Å². The normalized spacial score (nSPS) is 23.6. The van der Waals surface area contributed by atoms with Gasteiger partial charge in [-0.1, -0.05) is 0 Å². The van der Waals surface area contributed by atoms with Crippen LogP contribution in [0.15, 0.2) is 0 Å². The van der Waals surface area contributed by atoms with E-state index in [2.05, 4.69) is 18.8 Å². The second-order valence-electron chi connectivity index (χ2n) is 1.14. The summed E-state index contributed by atoms with van der Waals surface area (Å²) in [5.74, 6) is 0. The molecule has 1 aliphatic rings. The first-order valence-electron chi connectivity index (χ1n) is 1.66. The summed E-state index contributed by atoms with van der Waals surface area (Å²) in [6, 6.07) is 0. The Morgan fingerprint density at radius 1 is 1.71 bits per heavy atom. The molecule has 0 spiro atoms. The summed E-state index contributed by atoms with van der Waals surface area (Å²) in [4.78, 5) is 0. The molecule has 1 rings (SSSR count). The molecule has 7 heavy (non-hydrogen) atoms. The molecule has 0 amide bonds. The first kappa shape index (κ1) is 11.1. The Kier molecular flexibility index (Phi) is 11.4. The molecule has 0 N–H and O–H groups in total. The fourth-order valence-electron chi connectivity index (χ4n) is 0.0962. The van der Waals surface area contributed by atoms with E-state index in [9.17, 15) is 0 Å². The Morgan fingerprint density at radius 2 is 1.86 bits per heavy atom. The van der Waals surface area contributed by atoms with Crippen molar-refractivity contribution >= 4 is 11.9 Å². The molecule has 0 radical (unpaired) electrons. The summed E-state index contributed by atoms with van der Waals surface area (Å²) >= 11 is 3.39. The largest absolute Gasteiger partial charge is 1.00 e. The second kappa shape index (κ2) is 7.21. The van der Waals surface area contributed by atoms with E-state index in [4.69, 9.17) is 9.40 Å². The van der Waals surface area contributed by atoms with Crippen molar-refractivity contribution in [2.24, 2.45) is 0 Å². The summed E-state index contributed by atoms with van der Waals surface area (Å²) in [6.45, 7) is 3.04. The summed E-state index contributed by atoms with van der Waals surface area (Å²) < 4.78 is 12.4. The van der Waals surface area contributed by atoms with Gasteiger partial charge in [0.1, 0.15) is 0 Å². The van der Waals surface area contributed by atoms with Gasteiger partial charge in [-0.15, -0.1) is 0 Å². The Bertz CT molecular complexity index is 32.1. The number of epoxide rings is 1. The molecule has 38 valence electrons. The smallest absolute Gasteiger partial charge is 0.769 e. The summed E-state index contributed by atoms with van der Waals surface area (Å²) in [5.41, 5.74) is 0. The summed E-state index contributed by atoms with van der Waals surface area (Å²) in [7, 11) is 0. The molecule has 0 aromatic carbocycles. The number of hydrogen-bond donors (Lipinski definition) is 0. The summed E-state index contributed by atoms with van der Waals surface area (Å²) in [5, 5.41) is 0. The molecule has 0 aliphatic carbocycles. The molecular weight excluding hydrogens is 126 g/mol. The van der Waals surface area contributed by atoms with Gasteiger partial charge in [0.25, 0.3) is 0 Å². The maximum absolute atomic E-state index is 7.72. The topological polar surface area (TPSA) is 35.6 Å². The zero-order chi connectivity index (χ0) is 4.99. The van der Waals surface area contributed by atoms with E-state index in [0.717, 1.165) is 6.61 Å². The van der Waals surface area contributed by atoms with Crippen molar-refractivity contribution in [3.05, 3.63) is 0 Å². The molecule has 1 atom stereocenters. The van der Waals surface area contributed by atoms with Gasteiger partial charge >= 0.3 is 29.6 Å². The Hall–Kier alpha value is 1.21. The fourth-order valence-corrected chi connectivity index (χ4v) is 0.0962. The van der Waals surface area contributed by atoms with E-state index in [1.54, 1.807) is 0 Å². The minimum atomic E-state index is 0. The van der Waals surface area contributed by atoms with Gasteiger partial charge in [0, 0.05) is 0 Å². The SMILES string of the molecule is CC1CO1.[Na+].[O-]Cl. The number of rotatable bonds is 0. The first-order chi connectivity index (χ1) is 2.89. The van der Waals surface area contributed by atoms with Crippen molar-refractivity contribution in [2.45, 2.75) is 13.0 Å². The Balaban J connectivity index is 0. The van der Waals surface area contributed by atoms with Gasteiger partial charge in [0.05, 0.1) is 12.7 Å². The monoisotopic (exact) mass is 132 g/mol. The minimum Gasteiger partial charge on any atom is -0.769 e. The maximum atomic E-state index is 7.72. The van der Waals surface area contributed by atoms with E-state index >= 15 is 0 Å². The number of hydrogen-bond acceptors (Lipinski definition) is 2. The van der Waals surface area contributed by atoms with Crippen molar-refractivity contribution in [3.8, 4) is 0 Å². The van der Waals surface area contributed by atoms with E-state index in [1.165, 1.54) is 0 Å². The molecule has 1 saturated heterocycles. The molecule has 2 nitrogen and oxygen atoms in total. The molecule has 0 aromatic heterocycles. The quantitative estimate of drug-likeness (QED) is 0.259. The van der Waals surface area contributed by atoms with E-state index in [-0.39, 0.29) is 29.6 Å². The molecular formula is C3H6ClNaO2. The van der Waals surface area contributed by atoms with Crippen LogP contribution in [0, 0.1) is 0 Å². The van der Waals surface area contributed by atoms with Crippen LogP contribution < -0.4 is 34.2 Å². The van der Waals surface area contributed by atoms with Crippen molar-refractivity contribution in [2.75, 3.05) is 6.61 Å². The van der Waals surface area contributed by atoms with Crippen LogP contribution in [0.4, 0.5) is 0 Å². The summed E-state index contributed by atoms with van der Waals surface area (Å²) in [6.07, 6.45) is 0.583. The molecule has 1 unspecified atom stereocenters. The molecule has 1 fully saturated rings. The van der Waals surface area contributed by atoms with Crippen LogP contribution in [0.25, 0.3) is 0 Å². The van der Waals surface area contributed by atoms with Gasteiger partial charge in [0.15, 0.2) is 0 Å². The molecule has 0 bridgehead atoms. The van der Waals surface area contributed by atoms with Crippen molar-refractivity contribution in [3.63, 3.8) is 0 Å². The molecule has 0 saturated carbocycles. The standard InChI is InChI=1S/C3H6O.ClO.Na/c1-3-2-4-3;1-2;/h3H,2H2,1H3;;/q;-1;+1. The van der Waals surface area contributed by atoms with E-state index in [0.29, 0.717) is 6.10 Å². The third-order valence-electron chi connectivity index (χ3n) is 0.500. The Labute approximate surface area is 70.3 Å². The molecule has 1 heterocycles. The van der Waals surface area contributed by atoms with Crippen molar-refractivity contribution in [1.29, 1.82) is 0 Å². The zero-order valence-corrected chi connectivity index (χ0v) is 7.23. The van der Waals surface area contributed by atoms with Gasteiger partial charge in [-0.25, -0.2) is 11.9 Å². The van der Waals surface area contributed by atoms with Crippen LogP contribution in [0.1, 0.15) is 6.92 Å². The van der Waals surface area contributed by atoms with Crippen molar-refractivity contribution < 1.29 is 39.0 Å².